The summed E-state index contributed by atoms with van der Waals surface area (Å²) in [5, 5.41) is 6.15. The molecule has 3 aliphatic rings. The van der Waals surface area contributed by atoms with Crippen molar-refractivity contribution in [1.29, 1.82) is 0 Å². The van der Waals surface area contributed by atoms with Crippen LogP contribution in [0.2, 0.25) is 0 Å². The first kappa shape index (κ1) is 30.1. The number of thiophene rings is 1. The standard InChI is InChI=1S/C49H34BN3OS/c1-27-24-39-43-40(25-27)53(38-20-10-15-32-30-13-6-8-21-41(30)54-47(32)38)45-33-26-28(49(2,3)4)22-23-42(33)55-48(45)50(43)34-16-11-19-37-46(34)52(39)36-18-9-14-31-29-12-5-7-17-35(29)51(37)44(31)36/h5-26H,1-4H3. The van der Waals surface area contributed by atoms with Crippen molar-refractivity contribution < 1.29 is 4.42 Å². The molecule has 7 aromatic carbocycles. The fraction of sp³-hybridized carbons (Fsp3) is 0.102. The third-order valence-electron chi connectivity index (χ3n) is 12.5. The highest BCUT2D eigenvalue weighted by Gasteiger charge is 2.48. The predicted octanol–water partition coefficient (Wildman–Crippen LogP) is 11.9. The van der Waals surface area contributed by atoms with Crippen LogP contribution < -0.4 is 25.5 Å². The van der Waals surface area contributed by atoms with E-state index in [1.807, 2.05) is 11.3 Å². The third-order valence-corrected chi connectivity index (χ3v) is 13.7. The minimum atomic E-state index is 0.00499. The maximum Gasteiger partial charge on any atom is 0.264 e. The first-order valence-corrected chi connectivity index (χ1v) is 20.0. The van der Waals surface area contributed by atoms with Crippen molar-refractivity contribution in [2.75, 3.05) is 9.80 Å². The van der Waals surface area contributed by atoms with E-state index in [0.717, 1.165) is 27.6 Å². The van der Waals surface area contributed by atoms with Crippen LogP contribution in [0.3, 0.4) is 0 Å². The van der Waals surface area contributed by atoms with Crippen molar-refractivity contribution in [1.82, 2.24) is 4.57 Å². The average molecular weight is 724 g/mol. The van der Waals surface area contributed by atoms with Crippen LogP contribution in [0.25, 0.3) is 59.5 Å². The predicted molar refractivity (Wildman–Crippen MR) is 234 cm³/mol. The molecule has 0 aliphatic carbocycles. The van der Waals surface area contributed by atoms with Crippen LogP contribution in [0.15, 0.2) is 138 Å². The van der Waals surface area contributed by atoms with Crippen molar-refractivity contribution >= 4 is 122 Å². The third kappa shape index (κ3) is 3.69. The molecule has 3 aliphatic heterocycles. The molecule has 3 aromatic heterocycles. The fourth-order valence-electron chi connectivity index (χ4n) is 10.1. The van der Waals surface area contributed by atoms with Crippen LogP contribution in [0.1, 0.15) is 31.9 Å². The van der Waals surface area contributed by atoms with E-state index in [1.165, 1.54) is 92.8 Å². The smallest absolute Gasteiger partial charge is 0.264 e. The Hall–Kier alpha value is -6.24. The molecule has 0 unspecified atom stereocenters. The normalized spacial score (nSPS) is 14.1. The molecule has 0 atom stereocenters. The zero-order valence-corrected chi connectivity index (χ0v) is 31.8. The molecule has 0 saturated heterocycles. The van der Waals surface area contributed by atoms with Gasteiger partial charge in [-0.2, -0.15) is 0 Å². The molecule has 0 saturated carbocycles. The molecule has 0 N–H and O–H groups in total. The number of hydrogen-bond donors (Lipinski definition) is 0. The Labute approximate surface area is 322 Å². The Morgan fingerprint density at radius 2 is 1.27 bits per heavy atom. The second-order valence-electron chi connectivity index (χ2n) is 16.6. The Morgan fingerprint density at radius 3 is 2.11 bits per heavy atom. The summed E-state index contributed by atoms with van der Waals surface area (Å²) in [6, 6.07) is 49.9. The summed E-state index contributed by atoms with van der Waals surface area (Å²) in [5.41, 5.74) is 18.2. The Kier molecular flexibility index (Phi) is 5.53. The van der Waals surface area contributed by atoms with Gasteiger partial charge < -0.3 is 18.8 Å². The minimum absolute atomic E-state index is 0.00499. The molecular weight excluding hydrogens is 689 g/mol. The summed E-state index contributed by atoms with van der Waals surface area (Å²) in [4.78, 5) is 5.15. The second kappa shape index (κ2) is 10.1. The van der Waals surface area contributed by atoms with Crippen molar-refractivity contribution in [3.05, 3.63) is 145 Å². The van der Waals surface area contributed by atoms with E-state index in [4.69, 9.17) is 4.42 Å². The monoisotopic (exact) mass is 723 g/mol. The largest absolute Gasteiger partial charge is 0.454 e. The average Bonchev–Trinajstić information content (AvgIpc) is 3.87. The van der Waals surface area contributed by atoms with Gasteiger partial charge in [-0.15, -0.1) is 11.3 Å². The van der Waals surface area contributed by atoms with Crippen molar-refractivity contribution in [3.63, 3.8) is 0 Å². The molecule has 55 heavy (non-hydrogen) atoms. The number of hydrogen-bond acceptors (Lipinski definition) is 4. The lowest BCUT2D eigenvalue weighted by atomic mass is 9.36. The van der Waals surface area contributed by atoms with Gasteiger partial charge in [0.05, 0.1) is 39.5 Å². The molecule has 6 heteroatoms. The molecule has 4 nitrogen and oxygen atoms in total. The first-order valence-electron chi connectivity index (χ1n) is 19.2. The van der Waals surface area contributed by atoms with Crippen LogP contribution in [0.5, 0.6) is 0 Å². The summed E-state index contributed by atoms with van der Waals surface area (Å²) >= 11 is 1.95. The number of fused-ring (bicyclic) bond motifs is 14. The number of anilines is 6. The maximum atomic E-state index is 6.84. The molecule has 10 aromatic rings. The van der Waals surface area contributed by atoms with E-state index >= 15 is 0 Å². The second-order valence-corrected chi connectivity index (χ2v) is 17.7. The van der Waals surface area contributed by atoms with Crippen LogP contribution in [0.4, 0.5) is 34.1 Å². The van der Waals surface area contributed by atoms with E-state index in [0.29, 0.717) is 0 Å². The van der Waals surface area contributed by atoms with E-state index in [1.54, 1.807) is 0 Å². The van der Waals surface area contributed by atoms with Crippen molar-refractivity contribution in [3.8, 4) is 5.69 Å². The van der Waals surface area contributed by atoms with Gasteiger partial charge in [0.1, 0.15) is 5.58 Å². The Bertz CT molecular complexity index is 3360. The summed E-state index contributed by atoms with van der Waals surface area (Å²) in [5.74, 6) is 0. The molecular formula is C49H34BN3OS. The molecule has 0 spiro atoms. The van der Waals surface area contributed by atoms with Gasteiger partial charge >= 0.3 is 0 Å². The highest BCUT2D eigenvalue weighted by atomic mass is 32.1. The van der Waals surface area contributed by atoms with Crippen molar-refractivity contribution in [2.24, 2.45) is 0 Å². The lowest BCUT2D eigenvalue weighted by Gasteiger charge is -2.45. The van der Waals surface area contributed by atoms with Gasteiger partial charge in [-0.05, 0) is 89.0 Å². The maximum absolute atomic E-state index is 6.84. The van der Waals surface area contributed by atoms with Crippen LogP contribution in [-0.2, 0) is 5.41 Å². The topological polar surface area (TPSA) is 24.6 Å². The van der Waals surface area contributed by atoms with Gasteiger partial charge in [0.2, 0.25) is 0 Å². The van der Waals surface area contributed by atoms with E-state index in [2.05, 4.69) is 176 Å². The fourth-order valence-corrected chi connectivity index (χ4v) is 11.4. The number of aromatic nitrogens is 1. The molecule has 13 rings (SSSR count). The van der Waals surface area contributed by atoms with Crippen molar-refractivity contribution in [2.45, 2.75) is 33.1 Å². The number of rotatable bonds is 1. The molecule has 0 fully saturated rings. The number of furan rings is 1. The summed E-state index contributed by atoms with van der Waals surface area (Å²) in [6.07, 6.45) is 0. The quantitative estimate of drug-likeness (QED) is 0.158. The van der Waals surface area contributed by atoms with Gasteiger partial charge in [0.25, 0.3) is 6.71 Å². The number of para-hydroxylation sites is 5. The number of nitrogens with zero attached hydrogens (tertiary/aromatic N) is 3. The number of aryl methyl sites for hydroxylation is 1. The van der Waals surface area contributed by atoms with Crippen LogP contribution in [0, 0.1) is 6.92 Å². The molecule has 0 amide bonds. The number of benzene rings is 7. The summed E-state index contributed by atoms with van der Waals surface area (Å²) < 4.78 is 12.0. The molecule has 0 bridgehead atoms. The van der Waals surface area contributed by atoms with Crippen LogP contribution >= 0.6 is 11.3 Å². The highest BCUT2D eigenvalue weighted by Crippen LogP contribution is 2.54. The zero-order valence-electron chi connectivity index (χ0n) is 30.9. The SMILES string of the molecule is Cc1cc2c3c(c1)N1c4c(cccc4-n4c5ccccc5c5cccc1c54)B3c1sc3ccc(C(C)(C)C)cc3c1N2c1cccc2c1oc1ccccc12. The summed E-state index contributed by atoms with van der Waals surface area (Å²) in [7, 11) is 0. The zero-order chi connectivity index (χ0) is 36.5. The van der Waals surface area contributed by atoms with Gasteiger partial charge in [-0.25, -0.2) is 0 Å². The summed E-state index contributed by atoms with van der Waals surface area (Å²) in [6.45, 7) is 9.26. The lowest BCUT2D eigenvalue weighted by Crippen LogP contribution is -2.61. The minimum Gasteiger partial charge on any atom is -0.454 e. The van der Waals surface area contributed by atoms with E-state index < -0.39 is 0 Å². The van der Waals surface area contributed by atoms with Crippen LogP contribution in [-0.4, -0.2) is 11.3 Å². The molecule has 0 radical (unpaired) electrons. The molecule has 6 heterocycles. The van der Waals surface area contributed by atoms with Gasteiger partial charge in [-0.1, -0.05) is 99.6 Å². The Balaban J connectivity index is 1.20. The molecule has 260 valence electrons. The van der Waals surface area contributed by atoms with Gasteiger partial charge in [0, 0.05) is 47.8 Å². The van der Waals surface area contributed by atoms with E-state index in [-0.39, 0.29) is 12.1 Å². The first-order chi connectivity index (χ1) is 26.8. The van der Waals surface area contributed by atoms with Gasteiger partial charge in [0.15, 0.2) is 5.58 Å². The van der Waals surface area contributed by atoms with E-state index in [9.17, 15) is 0 Å². The lowest BCUT2D eigenvalue weighted by molar-refractivity contribution is 0.591. The Morgan fingerprint density at radius 1 is 0.582 bits per heavy atom. The highest BCUT2D eigenvalue weighted by molar-refractivity contribution is 7.33. The van der Waals surface area contributed by atoms with Gasteiger partial charge in [-0.3, -0.25) is 0 Å².